The molecular weight excluding hydrogens is 190 g/mol. The van der Waals surface area contributed by atoms with Crippen molar-refractivity contribution in [3.63, 3.8) is 0 Å². The van der Waals surface area contributed by atoms with Crippen LogP contribution in [0.5, 0.6) is 0 Å². The second-order valence-electron chi connectivity index (χ2n) is 4.59. The summed E-state index contributed by atoms with van der Waals surface area (Å²) in [6.07, 6.45) is -1.76. The Morgan fingerprint density at radius 2 is 1.79 bits per heavy atom. The van der Waals surface area contributed by atoms with Gasteiger partial charge in [-0.1, -0.05) is 13.8 Å². The second kappa shape index (κ2) is 3.42. The van der Waals surface area contributed by atoms with Gasteiger partial charge < -0.3 is 0 Å². The molecule has 1 saturated heterocycles. The lowest BCUT2D eigenvalue weighted by Crippen LogP contribution is -2.32. The Kier molecular flexibility index (Phi) is 2.52. The van der Waals surface area contributed by atoms with Crippen LogP contribution in [0.4, 0.5) is 8.78 Å². The van der Waals surface area contributed by atoms with Crippen molar-refractivity contribution in [3.8, 4) is 0 Å². The Labute approximate surface area is 82.6 Å². The van der Waals surface area contributed by atoms with Crippen molar-refractivity contribution in [3.05, 3.63) is 0 Å². The average molecular weight is 206 g/mol. The molecule has 0 radical (unpaired) electrons. The van der Waals surface area contributed by atoms with Crippen molar-refractivity contribution in [2.45, 2.75) is 51.6 Å². The van der Waals surface area contributed by atoms with E-state index < -0.39 is 12.4 Å². The Bertz CT molecular complexity index is 218. The Hall–Kier alpha value is -0.220. The fraction of sp³-hybridized carbons (Fsp3) is 1.00. The minimum Gasteiger partial charge on any atom is -0.290 e. The molecule has 1 aliphatic heterocycles. The topological polar surface area (TPSA) is 18.5 Å². The first-order chi connectivity index (χ1) is 6.48. The highest BCUT2D eigenvalue weighted by Crippen LogP contribution is 2.42. The predicted molar refractivity (Wildman–Crippen MR) is 46.9 cm³/mol. The summed E-state index contributed by atoms with van der Waals surface area (Å²) in [4.78, 5) is 0. The van der Waals surface area contributed by atoms with Crippen LogP contribution in [-0.4, -0.2) is 18.5 Å². The molecule has 3 atom stereocenters. The minimum absolute atomic E-state index is 0.389. The van der Waals surface area contributed by atoms with E-state index in [0.717, 1.165) is 6.42 Å². The van der Waals surface area contributed by atoms with E-state index in [0.29, 0.717) is 24.7 Å². The molecule has 0 N–H and O–H groups in total. The van der Waals surface area contributed by atoms with Gasteiger partial charge in [-0.2, -0.15) is 0 Å². The van der Waals surface area contributed by atoms with E-state index in [1.54, 1.807) is 0 Å². The highest BCUT2D eigenvalue weighted by Gasteiger charge is 2.51. The Balaban J connectivity index is 1.98. The van der Waals surface area contributed by atoms with Crippen LogP contribution in [0, 0.1) is 11.8 Å². The number of fused-ring (bicyclic) bond motifs is 1. The van der Waals surface area contributed by atoms with Gasteiger partial charge in [-0.15, -0.1) is 8.78 Å². The van der Waals surface area contributed by atoms with Crippen molar-refractivity contribution in [2.24, 2.45) is 11.8 Å². The quantitative estimate of drug-likeness (QED) is 0.656. The minimum atomic E-state index is -3.35. The highest BCUT2D eigenvalue weighted by molar-refractivity contribution is 4.86. The summed E-state index contributed by atoms with van der Waals surface area (Å²) in [6, 6.07) is 0. The molecule has 2 fully saturated rings. The first-order valence-electron chi connectivity index (χ1n) is 5.21. The maximum absolute atomic E-state index is 12.7. The molecule has 2 rings (SSSR count). The Morgan fingerprint density at radius 1 is 1.14 bits per heavy atom. The van der Waals surface area contributed by atoms with Crippen LogP contribution in [0.25, 0.3) is 0 Å². The van der Waals surface area contributed by atoms with Crippen molar-refractivity contribution < 1.29 is 18.3 Å². The molecule has 1 saturated carbocycles. The molecule has 4 heteroatoms. The standard InChI is InChI=1S/C10H16F2O2/c1-6(2)7-3-4-8-9(5-7)14-10(11,12)13-8/h6-9H,3-5H2,1-2H3. The smallest absolute Gasteiger partial charge is 0.290 e. The summed E-state index contributed by atoms with van der Waals surface area (Å²) in [5, 5.41) is 0. The molecule has 3 unspecified atom stereocenters. The monoisotopic (exact) mass is 206 g/mol. The highest BCUT2D eigenvalue weighted by atomic mass is 19.3. The van der Waals surface area contributed by atoms with Gasteiger partial charge in [0.15, 0.2) is 0 Å². The Morgan fingerprint density at radius 3 is 2.43 bits per heavy atom. The van der Waals surface area contributed by atoms with E-state index in [1.807, 2.05) is 0 Å². The lowest BCUT2D eigenvalue weighted by Gasteiger charge is -2.31. The molecule has 14 heavy (non-hydrogen) atoms. The van der Waals surface area contributed by atoms with E-state index in [2.05, 4.69) is 23.3 Å². The zero-order valence-electron chi connectivity index (χ0n) is 8.50. The molecule has 0 bridgehead atoms. The predicted octanol–water partition coefficient (Wildman–Crippen LogP) is 2.78. The average Bonchev–Trinajstić information content (AvgIpc) is 2.36. The third-order valence-corrected chi connectivity index (χ3v) is 3.29. The second-order valence-corrected chi connectivity index (χ2v) is 4.59. The maximum Gasteiger partial charge on any atom is 0.486 e. The van der Waals surface area contributed by atoms with Gasteiger partial charge in [-0.05, 0) is 31.1 Å². The number of hydrogen-bond acceptors (Lipinski definition) is 2. The van der Waals surface area contributed by atoms with Gasteiger partial charge in [0.05, 0.1) is 12.2 Å². The van der Waals surface area contributed by atoms with Crippen LogP contribution in [0.3, 0.4) is 0 Å². The first-order valence-corrected chi connectivity index (χ1v) is 5.21. The van der Waals surface area contributed by atoms with Crippen LogP contribution >= 0.6 is 0 Å². The van der Waals surface area contributed by atoms with Gasteiger partial charge in [0.2, 0.25) is 0 Å². The summed E-state index contributed by atoms with van der Waals surface area (Å²) in [7, 11) is 0. The molecular formula is C10H16F2O2. The molecule has 82 valence electrons. The molecule has 1 aliphatic carbocycles. The first kappa shape index (κ1) is 10.3. The normalized spacial score (nSPS) is 41.4. The van der Waals surface area contributed by atoms with Crippen molar-refractivity contribution in [2.75, 3.05) is 0 Å². The van der Waals surface area contributed by atoms with Gasteiger partial charge in [0.25, 0.3) is 0 Å². The molecule has 2 nitrogen and oxygen atoms in total. The summed E-state index contributed by atoms with van der Waals surface area (Å²) >= 11 is 0. The third kappa shape index (κ3) is 1.91. The van der Waals surface area contributed by atoms with Gasteiger partial charge in [-0.3, -0.25) is 9.47 Å². The number of rotatable bonds is 1. The van der Waals surface area contributed by atoms with Crippen LogP contribution in [0.1, 0.15) is 33.1 Å². The molecule has 0 spiro atoms. The van der Waals surface area contributed by atoms with Crippen LogP contribution < -0.4 is 0 Å². The molecule has 0 aromatic heterocycles. The zero-order chi connectivity index (χ0) is 10.3. The summed E-state index contributed by atoms with van der Waals surface area (Å²) in [5.41, 5.74) is 0. The molecule has 2 aliphatic rings. The largest absolute Gasteiger partial charge is 0.486 e. The number of alkyl halides is 2. The van der Waals surface area contributed by atoms with E-state index in [4.69, 9.17) is 0 Å². The lowest BCUT2D eigenvalue weighted by atomic mass is 9.79. The van der Waals surface area contributed by atoms with Gasteiger partial charge in [0.1, 0.15) is 0 Å². The summed E-state index contributed by atoms with van der Waals surface area (Å²) < 4.78 is 34.6. The van der Waals surface area contributed by atoms with E-state index >= 15 is 0 Å². The zero-order valence-corrected chi connectivity index (χ0v) is 8.50. The lowest BCUT2D eigenvalue weighted by molar-refractivity contribution is -0.351. The molecule has 1 heterocycles. The van der Waals surface area contributed by atoms with Gasteiger partial charge >= 0.3 is 6.29 Å². The van der Waals surface area contributed by atoms with E-state index in [-0.39, 0.29) is 6.10 Å². The fourth-order valence-corrected chi connectivity index (χ4v) is 2.38. The number of ether oxygens (including phenoxy) is 2. The van der Waals surface area contributed by atoms with Crippen molar-refractivity contribution >= 4 is 0 Å². The van der Waals surface area contributed by atoms with Gasteiger partial charge in [-0.25, -0.2) is 0 Å². The van der Waals surface area contributed by atoms with E-state index in [1.165, 1.54) is 0 Å². The molecule has 0 aromatic rings. The maximum atomic E-state index is 12.7. The van der Waals surface area contributed by atoms with Crippen LogP contribution in [0.15, 0.2) is 0 Å². The SMILES string of the molecule is CC(C)C1CCC2OC(F)(F)OC2C1. The summed E-state index contributed by atoms with van der Waals surface area (Å²) in [5.74, 6) is 1.03. The molecule has 0 aromatic carbocycles. The van der Waals surface area contributed by atoms with E-state index in [9.17, 15) is 8.78 Å². The van der Waals surface area contributed by atoms with Crippen molar-refractivity contribution in [1.82, 2.24) is 0 Å². The third-order valence-electron chi connectivity index (χ3n) is 3.29. The number of halogens is 2. The fourth-order valence-electron chi connectivity index (χ4n) is 2.38. The van der Waals surface area contributed by atoms with Gasteiger partial charge in [0, 0.05) is 0 Å². The summed E-state index contributed by atoms with van der Waals surface area (Å²) in [6.45, 7) is 4.25. The van der Waals surface area contributed by atoms with Crippen LogP contribution in [-0.2, 0) is 9.47 Å². The van der Waals surface area contributed by atoms with Crippen molar-refractivity contribution in [1.29, 1.82) is 0 Å². The number of hydrogen-bond donors (Lipinski definition) is 0. The van der Waals surface area contributed by atoms with Crippen LogP contribution in [0.2, 0.25) is 0 Å². The molecule has 0 amide bonds.